The Balaban J connectivity index is 1.62. The molecule has 0 aromatic heterocycles. The van der Waals surface area contributed by atoms with E-state index < -0.39 is 18.1 Å². The number of benzene rings is 2. The van der Waals surface area contributed by atoms with Gasteiger partial charge in [-0.3, -0.25) is 9.59 Å². The molecule has 31 heavy (non-hydrogen) atoms. The number of hydrogen-bond acceptors (Lipinski definition) is 4. The molecule has 3 N–H and O–H groups in total. The van der Waals surface area contributed by atoms with Crippen LogP contribution in [0.15, 0.2) is 59.8 Å². The molecule has 1 aliphatic heterocycles. The third-order valence-electron chi connectivity index (χ3n) is 4.98. The molecule has 1 heterocycles. The second-order valence-corrected chi connectivity index (χ2v) is 7.84. The van der Waals surface area contributed by atoms with Gasteiger partial charge >= 0.3 is 0 Å². The zero-order chi connectivity index (χ0) is 22.2. The third kappa shape index (κ3) is 6.62. The predicted octanol–water partition coefficient (Wildman–Crippen LogP) is 0.307. The molecule has 0 bridgehead atoms. The van der Waals surface area contributed by atoms with Crippen molar-refractivity contribution in [2.24, 2.45) is 5.16 Å². The number of likely N-dealkylation sites (N-methyl/N-ethyl adjacent to an activating group) is 1. The number of quaternary nitrogens is 1. The molecule has 0 saturated carbocycles. The lowest BCUT2D eigenvalue weighted by Gasteiger charge is -2.20. The number of carbonyl (C=O) groups is 2. The van der Waals surface area contributed by atoms with Gasteiger partial charge in [0, 0.05) is 12.8 Å². The second kappa shape index (κ2) is 10.7. The molecule has 164 valence electrons. The highest BCUT2D eigenvalue weighted by Gasteiger charge is 2.32. The first-order valence-electron chi connectivity index (χ1n) is 10.3. The van der Waals surface area contributed by atoms with Crippen molar-refractivity contribution in [2.75, 3.05) is 27.2 Å². The fourth-order valence-corrected chi connectivity index (χ4v) is 3.21. The zero-order valence-corrected chi connectivity index (χ0v) is 17.7. The van der Waals surface area contributed by atoms with Crippen LogP contribution >= 0.6 is 0 Å². The molecule has 2 aromatic rings. The largest absolute Gasteiger partial charge is 0.382 e. The number of nitrogens with one attached hydrogen (secondary N) is 3. The number of amides is 2. The normalized spacial score (nSPS) is 16.4. The van der Waals surface area contributed by atoms with Crippen LogP contribution in [-0.4, -0.2) is 56.9 Å². The van der Waals surface area contributed by atoms with E-state index in [4.69, 9.17) is 4.84 Å². The van der Waals surface area contributed by atoms with Crippen molar-refractivity contribution in [1.82, 2.24) is 10.6 Å². The number of carbonyl (C=O) groups excluding carboxylic acids is 2. The van der Waals surface area contributed by atoms with Crippen molar-refractivity contribution in [3.63, 3.8) is 0 Å². The Morgan fingerprint density at radius 2 is 1.87 bits per heavy atom. The molecule has 0 saturated heterocycles. The van der Waals surface area contributed by atoms with E-state index in [9.17, 15) is 14.0 Å². The summed E-state index contributed by atoms with van der Waals surface area (Å²) in [5, 5.41) is 9.67. The Kier molecular flexibility index (Phi) is 7.72. The number of halogens is 1. The minimum Gasteiger partial charge on any atom is -0.382 e. The first-order chi connectivity index (χ1) is 14.9. The molecule has 2 aromatic carbocycles. The van der Waals surface area contributed by atoms with Gasteiger partial charge in [-0.05, 0) is 23.3 Å². The molecular weight excluding hydrogens is 399 g/mol. The van der Waals surface area contributed by atoms with Gasteiger partial charge in [0.25, 0.3) is 5.91 Å². The summed E-state index contributed by atoms with van der Waals surface area (Å²) in [6, 6.07) is 14.6. The van der Waals surface area contributed by atoms with Crippen LogP contribution < -0.4 is 15.5 Å². The summed E-state index contributed by atoms with van der Waals surface area (Å²) < 4.78 is 13.1. The Morgan fingerprint density at radius 1 is 1.16 bits per heavy atom. The third-order valence-corrected chi connectivity index (χ3v) is 4.98. The Morgan fingerprint density at radius 3 is 2.55 bits per heavy atom. The highest BCUT2D eigenvalue weighted by Crippen LogP contribution is 2.17. The summed E-state index contributed by atoms with van der Waals surface area (Å²) in [6.07, 6.45) is -0.218. The topological polar surface area (TPSA) is 84.2 Å². The quantitative estimate of drug-likeness (QED) is 0.539. The maximum Gasteiger partial charge on any atom is 0.265 e. The minimum absolute atomic E-state index is 0.240. The van der Waals surface area contributed by atoms with Crippen LogP contribution in [0.5, 0.6) is 0 Å². The summed E-state index contributed by atoms with van der Waals surface area (Å²) >= 11 is 0. The highest BCUT2D eigenvalue weighted by atomic mass is 19.1. The van der Waals surface area contributed by atoms with E-state index in [-0.39, 0.29) is 18.1 Å². The van der Waals surface area contributed by atoms with Crippen molar-refractivity contribution >= 4 is 17.5 Å². The van der Waals surface area contributed by atoms with Gasteiger partial charge in [0.15, 0.2) is 0 Å². The van der Waals surface area contributed by atoms with Gasteiger partial charge < -0.3 is 20.4 Å². The molecule has 0 unspecified atom stereocenters. The van der Waals surface area contributed by atoms with Crippen molar-refractivity contribution in [2.45, 2.75) is 25.0 Å². The lowest BCUT2D eigenvalue weighted by Crippen LogP contribution is -3.06. The molecule has 0 spiro atoms. The van der Waals surface area contributed by atoms with E-state index >= 15 is 0 Å². The van der Waals surface area contributed by atoms with E-state index in [0.717, 1.165) is 12.1 Å². The SMILES string of the molecule is C[NH+](C)CCNC(=O)[C@H](Cc1ccccc1)NC(=O)[C@H]1CC(c2ccc(F)cc2)=NO1. The fraction of sp³-hybridized carbons (Fsp3) is 0.348. The van der Waals surface area contributed by atoms with Crippen molar-refractivity contribution < 1.29 is 23.7 Å². The van der Waals surface area contributed by atoms with Crippen LogP contribution in [0, 0.1) is 5.82 Å². The first kappa shape index (κ1) is 22.4. The number of rotatable bonds is 9. The lowest BCUT2D eigenvalue weighted by molar-refractivity contribution is -0.856. The monoisotopic (exact) mass is 427 g/mol. The Bertz CT molecular complexity index is 916. The van der Waals surface area contributed by atoms with Crippen LogP contribution in [0.4, 0.5) is 4.39 Å². The van der Waals surface area contributed by atoms with E-state index in [2.05, 4.69) is 15.8 Å². The van der Waals surface area contributed by atoms with Crippen LogP contribution in [-0.2, 0) is 20.8 Å². The molecule has 0 radical (unpaired) electrons. The average molecular weight is 428 g/mol. The van der Waals surface area contributed by atoms with Gasteiger partial charge in [0.05, 0.1) is 32.9 Å². The van der Waals surface area contributed by atoms with Crippen LogP contribution in [0.25, 0.3) is 0 Å². The van der Waals surface area contributed by atoms with E-state index in [0.29, 0.717) is 24.2 Å². The Labute approximate surface area is 181 Å². The molecule has 0 fully saturated rings. The number of oxime groups is 1. The predicted molar refractivity (Wildman–Crippen MR) is 115 cm³/mol. The minimum atomic E-state index is -0.836. The van der Waals surface area contributed by atoms with Crippen molar-refractivity contribution in [3.8, 4) is 0 Å². The second-order valence-electron chi connectivity index (χ2n) is 7.84. The molecule has 2 amide bonds. The van der Waals surface area contributed by atoms with Gasteiger partial charge in [0.2, 0.25) is 12.0 Å². The number of nitrogens with zero attached hydrogens (tertiary/aromatic N) is 1. The summed E-state index contributed by atoms with van der Waals surface area (Å²) in [6.45, 7) is 1.29. The molecule has 3 rings (SSSR count). The van der Waals surface area contributed by atoms with Gasteiger partial charge in [-0.15, -0.1) is 0 Å². The van der Waals surface area contributed by atoms with Crippen molar-refractivity contribution in [3.05, 3.63) is 71.5 Å². The lowest BCUT2D eigenvalue weighted by atomic mass is 10.0. The molecule has 1 aliphatic rings. The summed E-state index contributed by atoms with van der Waals surface area (Å²) in [7, 11) is 4.01. The zero-order valence-electron chi connectivity index (χ0n) is 17.7. The molecule has 0 aliphatic carbocycles. The van der Waals surface area contributed by atoms with Gasteiger partial charge in [0.1, 0.15) is 11.9 Å². The van der Waals surface area contributed by atoms with Gasteiger partial charge in [-0.2, -0.15) is 0 Å². The first-order valence-corrected chi connectivity index (χ1v) is 10.3. The van der Waals surface area contributed by atoms with Gasteiger partial charge in [-0.25, -0.2) is 4.39 Å². The van der Waals surface area contributed by atoms with E-state index in [1.807, 2.05) is 44.4 Å². The number of hydrogen-bond donors (Lipinski definition) is 3. The standard InChI is InChI=1S/C23H27FN4O3/c1-28(2)13-12-25-22(29)20(14-16-6-4-3-5-7-16)26-23(30)21-15-19(27-31-21)17-8-10-18(24)11-9-17/h3-11,20-21H,12-15H2,1-2H3,(H,25,29)(H,26,30)/p+1/t20-,21+/m0/s1. The maximum atomic E-state index is 13.1. The van der Waals surface area contributed by atoms with Gasteiger partial charge in [-0.1, -0.05) is 47.6 Å². The van der Waals surface area contributed by atoms with Crippen LogP contribution in [0.3, 0.4) is 0 Å². The molecule has 7 nitrogen and oxygen atoms in total. The van der Waals surface area contributed by atoms with E-state index in [1.54, 1.807) is 12.1 Å². The van der Waals surface area contributed by atoms with Crippen LogP contribution in [0.1, 0.15) is 17.5 Å². The van der Waals surface area contributed by atoms with Crippen LogP contribution in [0.2, 0.25) is 0 Å². The molecular formula is C23H28FN4O3+. The smallest absolute Gasteiger partial charge is 0.265 e. The summed E-state index contributed by atoms with van der Waals surface area (Å²) in [5.74, 6) is -0.991. The fourth-order valence-electron chi connectivity index (χ4n) is 3.21. The maximum absolute atomic E-state index is 13.1. The highest BCUT2D eigenvalue weighted by molar-refractivity contribution is 6.04. The average Bonchev–Trinajstić information content (AvgIpc) is 3.24. The Hall–Kier alpha value is -3.26. The summed E-state index contributed by atoms with van der Waals surface area (Å²) in [4.78, 5) is 32.1. The molecule has 8 heteroatoms. The summed E-state index contributed by atoms with van der Waals surface area (Å²) in [5.41, 5.74) is 2.21. The van der Waals surface area contributed by atoms with E-state index in [1.165, 1.54) is 17.0 Å². The van der Waals surface area contributed by atoms with Crippen molar-refractivity contribution in [1.29, 1.82) is 0 Å². The molecule has 2 atom stereocenters.